The number of carboxylic acid groups (broad SMARTS) is 1. The van der Waals surface area contributed by atoms with Gasteiger partial charge in [-0.25, -0.2) is 0 Å². The first-order valence-corrected chi connectivity index (χ1v) is 5.93. The van der Waals surface area contributed by atoms with E-state index in [1.54, 1.807) is 0 Å². The number of carboxylic acids is 1. The molecule has 1 unspecified atom stereocenters. The van der Waals surface area contributed by atoms with E-state index in [4.69, 9.17) is 10.00 Å². The van der Waals surface area contributed by atoms with Gasteiger partial charge < -0.3 is 10.00 Å². The van der Waals surface area contributed by atoms with E-state index in [0.29, 0.717) is 6.42 Å². The summed E-state index contributed by atoms with van der Waals surface area (Å²) in [6.07, 6.45) is 5.46. The van der Waals surface area contributed by atoms with Crippen molar-refractivity contribution in [2.45, 2.75) is 46.0 Å². The van der Waals surface area contributed by atoms with Gasteiger partial charge in [0.15, 0.2) is 0 Å². The van der Waals surface area contributed by atoms with Crippen LogP contribution in [0, 0.1) is 0 Å². The summed E-state index contributed by atoms with van der Waals surface area (Å²) in [5.41, 5.74) is 0. The predicted octanol–water partition coefficient (Wildman–Crippen LogP) is 2.63. The van der Waals surface area contributed by atoms with Crippen molar-refractivity contribution >= 4 is 14.8 Å². The third-order valence-corrected chi connectivity index (χ3v) is 1.72. The van der Waals surface area contributed by atoms with Gasteiger partial charge in [0.2, 0.25) is 0 Å². The van der Waals surface area contributed by atoms with Gasteiger partial charge in [0, 0.05) is 15.2 Å². The first-order chi connectivity index (χ1) is 6.18. The van der Waals surface area contributed by atoms with Crippen molar-refractivity contribution in [2.24, 2.45) is 0 Å². The highest BCUT2D eigenvalue weighted by molar-refractivity contribution is 7.30. The Bertz CT molecular complexity index is 105. The van der Waals surface area contributed by atoms with E-state index in [-0.39, 0.29) is 8.81 Å². The van der Waals surface area contributed by atoms with Crippen LogP contribution in [0.1, 0.15) is 46.0 Å². The molecule has 0 saturated heterocycles. The first kappa shape index (κ1) is 15.3. The fraction of sp³-hybridized carbons (Fsp3) is 0.889. The summed E-state index contributed by atoms with van der Waals surface area (Å²) >= 11 is 0. The highest BCUT2D eigenvalue weighted by atomic mass is 31.1. The normalized spacial score (nSPS) is 9.77. The van der Waals surface area contributed by atoms with Crippen LogP contribution in [0.5, 0.6) is 0 Å². The van der Waals surface area contributed by atoms with Crippen LogP contribution in [0.25, 0.3) is 0 Å². The summed E-state index contributed by atoms with van der Waals surface area (Å²) in [5, 5.41) is 8.21. The Kier molecular flexibility index (Phi) is 17.0. The largest absolute Gasteiger partial charge is 0.481 e. The monoisotopic (exact) mass is 208 g/mol. The topological polar surface area (TPSA) is 57.5 Å². The first-order valence-electron chi connectivity index (χ1n) is 4.77. The fourth-order valence-electron chi connectivity index (χ4n) is 0.703. The molecule has 0 amide bonds. The van der Waals surface area contributed by atoms with Crippen LogP contribution < -0.4 is 0 Å². The van der Waals surface area contributed by atoms with Crippen LogP contribution in [-0.4, -0.2) is 22.1 Å². The number of aliphatic carboxylic acids is 1. The van der Waals surface area contributed by atoms with Gasteiger partial charge in [-0.1, -0.05) is 33.1 Å². The van der Waals surface area contributed by atoms with Gasteiger partial charge in [-0.15, -0.1) is 0 Å². The van der Waals surface area contributed by atoms with E-state index in [0.717, 1.165) is 25.4 Å². The molecule has 4 heteroatoms. The zero-order valence-corrected chi connectivity index (χ0v) is 9.55. The minimum Gasteiger partial charge on any atom is -0.481 e. The quantitative estimate of drug-likeness (QED) is 0.521. The Morgan fingerprint density at radius 2 is 1.77 bits per heavy atom. The Labute approximate surface area is 82.4 Å². The standard InChI is InChI=1S/C7H14O2.C2H7OP/c1-2-3-4-5-6-7(8)9;1-2-4-3/h2-6H2,1H3,(H,8,9);3-4H,2H2,1H3. The van der Waals surface area contributed by atoms with Gasteiger partial charge in [-0.2, -0.15) is 0 Å². The molecule has 0 bridgehead atoms. The number of hydrogen-bond donors (Lipinski definition) is 2. The number of unbranched alkanes of at least 4 members (excludes halogenated alkanes) is 3. The molecule has 0 fully saturated rings. The average molecular weight is 208 g/mol. The lowest BCUT2D eigenvalue weighted by molar-refractivity contribution is -0.137. The molecule has 0 saturated carbocycles. The summed E-state index contributed by atoms with van der Waals surface area (Å²) in [5.74, 6) is -0.675. The molecule has 0 aromatic rings. The van der Waals surface area contributed by atoms with Crippen molar-refractivity contribution in [1.29, 1.82) is 0 Å². The molecular weight excluding hydrogens is 187 g/mol. The molecule has 2 N–H and O–H groups in total. The number of carbonyl (C=O) groups is 1. The second-order valence-electron chi connectivity index (χ2n) is 2.72. The summed E-state index contributed by atoms with van der Waals surface area (Å²) in [7, 11) is 0.140. The summed E-state index contributed by atoms with van der Waals surface area (Å²) in [6, 6.07) is 0. The molecule has 0 rings (SSSR count). The molecule has 1 atom stereocenters. The van der Waals surface area contributed by atoms with E-state index in [9.17, 15) is 4.79 Å². The Balaban J connectivity index is 0. The number of hydrogen-bond acceptors (Lipinski definition) is 2. The molecule has 0 aliphatic heterocycles. The molecule has 0 aromatic heterocycles. The Morgan fingerprint density at radius 3 is 2.08 bits per heavy atom. The van der Waals surface area contributed by atoms with Crippen molar-refractivity contribution in [2.75, 3.05) is 6.16 Å². The van der Waals surface area contributed by atoms with E-state index >= 15 is 0 Å². The van der Waals surface area contributed by atoms with Gasteiger partial charge in [0.05, 0.1) is 0 Å². The minimum atomic E-state index is -0.675. The molecular formula is C9H21O3P. The predicted molar refractivity (Wildman–Crippen MR) is 57.5 cm³/mol. The van der Waals surface area contributed by atoms with E-state index in [1.165, 1.54) is 6.42 Å². The summed E-state index contributed by atoms with van der Waals surface area (Å²) in [6.45, 7) is 4.05. The highest BCUT2D eigenvalue weighted by Crippen LogP contribution is 2.01. The summed E-state index contributed by atoms with van der Waals surface area (Å²) < 4.78 is 0. The second kappa shape index (κ2) is 14.4. The smallest absolute Gasteiger partial charge is 0.303 e. The van der Waals surface area contributed by atoms with Crippen LogP contribution in [0.15, 0.2) is 0 Å². The lowest BCUT2D eigenvalue weighted by Gasteiger charge is -1.92. The SMILES string of the molecule is CCCCCCC(=O)O.CCPO. The molecule has 0 aliphatic rings. The molecule has 0 aliphatic carbocycles. The van der Waals surface area contributed by atoms with E-state index in [2.05, 4.69) is 6.92 Å². The van der Waals surface area contributed by atoms with Gasteiger partial charge in [-0.3, -0.25) is 4.79 Å². The zero-order chi connectivity index (χ0) is 10.5. The highest BCUT2D eigenvalue weighted by Gasteiger charge is 1.93. The molecule has 3 nitrogen and oxygen atoms in total. The molecule has 0 heterocycles. The van der Waals surface area contributed by atoms with Gasteiger partial charge >= 0.3 is 5.97 Å². The van der Waals surface area contributed by atoms with Crippen LogP contribution in [0.2, 0.25) is 0 Å². The van der Waals surface area contributed by atoms with Crippen LogP contribution >= 0.6 is 8.81 Å². The third kappa shape index (κ3) is 24.5. The van der Waals surface area contributed by atoms with Crippen molar-refractivity contribution in [3.8, 4) is 0 Å². The molecule has 13 heavy (non-hydrogen) atoms. The van der Waals surface area contributed by atoms with Gasteiger partial charge in [0.25, 0.3) is 0 Å². The van der Waals surface area contributed by atoms with Crippen molar-refractivity contribution in [3.63, 3.8) is 0 Å². The molecule has 0 aromatic carbocycles. The van der Waals surface area contributed by atoms with E-state index in [1.807, 2.05) is 6.92 Å². The Hall–Kier alpha value is -0.140. The fourth-order valence-corrected chi connectivity index (χ4v) is 0.703. The van der Waals surface area contributed by atoms with Gasteiger partial charge in [0.1, 0.15) is 0 Å². The lowest BCUT2D eigenvalue weighted by atomic mass is 10.2. The van der Waals surface area contributed by atoms with Crippen molar-refractivity contribution in [3.05, 3.63) is 0 Å². The molecule has 80 valence electrons. The molecule has 0 radical (unpaired) electrons. The van der Waals surface area contributed by atoms with Crippen molar-refractivity contribution in [1.82, 2.24) is 0 Å². The third-order valence-electron chi connectivity index (χ3n) is 1.40. The van der Waals surface area contributed by atoms with Crippen LogP contribution in [0.3, 0.4) is 0 Å². The maximum Gasteiger partial charge on any atom is 0.303 e. The number of rotatable bonds is 6. The van der Waals surface area contributed by atoms with Crippen molar-refractivity contribution < 1.29 is 14.8 Å². The lowest BCUT2D eigenvalue weighted by Crippen LogP contribution is -1.92. The Morgan fingerprint density at radius 1 is 1.23 bits per heavy atom. The van der Waals surface area contributed by atoms with Gasteiger partial charge in [-0.05, 0) is 12.6 Å². The maximum absolute atomic E-state index is 9.96. The van der Waals surface area contributed by atoms with E-state index < -0.39 is 5.97 Å². The minimum absolute atomic E-state index is 0.140. The average Bonchev–Trinajstić information content (AvgIpc) is 2.13. The van der Waals surface area contributed by atoms with Crippen LogP contribution in [-0.2, 0) is 4.79 Å². The molecule has 0 spiro atoms. The second-order valence-corrected chi connectivity index (χ2v) is 3.74. The summed E-state index contributed by atoms with van der Waals surface area (Å²) in [4.78, 5) is 17.9. The maximum atomic E-state index is 9.96. The van der Waals surface area contributed by atoms with Crippen LogP contribution in [0.4, 0.5) is 0 Å². The zero-order valence-electron chi connectivity index (χ0n) is 8.55.